The van der Waals surface area contributed by atoms with Crippen LogP contribution in [0.4, 0.5) is 5.95 Å². The number of likely N-dealkylation sites (N-methyl/N-ethyl adjacent to an activating group) is 1. The molecule has 0 bridgehead atoms. The lowest BCUT2D eigenvalue weighted by Gasteiger charge is -2.26. The van der Waals surface area contributed by atoms with Gasteiger partial charge >= 0.3 is 0 Å². The van der Waals surface area contributed by atoms with Gasteiger partial charge in [0.05, 0.1) is 11.7 Å². The van der Waals surface area contributed by atoms with Crippen LogP contribution in [0.1, 0.15) is 23.2 Å². The van der Waals surface area contributed by atoms with Crippen molar-refractivity contribution >= 4 is 11.9 Å². The Morgan fingerprint density at radius 1 is 1.36 bits per heavy atom. The van der Waals surface area contributed by atoms with Gasteiger partial charge in [-0.1, -0.05) is 0 Å². The summed E-state index contributed by atoms with van der Waals surface area (Å²) in [6.07, 6.45) is 5.36. The van der Waals surface area contributed by atoms with Gasteiger partial charge in [-0.05, 0) is 26.9 Å². The summed E-state index contributed by atoms with van der Waals surface area (Å²) in [6.45, 7) is 2.90. The summed E-state index contributed by atoms with van der Waals surface area (Å²) in [6, 6.07) is 0. The number of nitrogens with one attached hydrogen (secondary N) is 1. The maximum atomic E-state index is 12.7. The van der Waals surface area contributed by atoms with Crippen molar-refractivity contribution in [3.63, 3.8) is 0 Å². The maximum absolute atomic E-state index is 12.7. The Bertz CT molecular complexity index is 471. The third-order valence-corrected chi connectivity index (χ3v) is 3.67. The molecule has 2 heterocycles. The third-order valence-electron chi connectivity index (χ3n) is 3.67. The van der Waals surface area contributed by atoms with Gasteiger partial charge < -0.3 is 19.9 Å². The highest BCUT2D eigenvalue weighted by atomic mass is 16.5. The van der Waals surface area contributed by atoms with E-state index in [2.05, 4.69) is 20.2 Å². The van der Waals surface area contributed by atoms with Gasteiger partial charge in [0, 0.05) is 45.7 Å². The zero-order chi connectivity index (χ0) is 15.9. The summed E-state index contributed by atoms with van der Waals surface area (Å²) in [4.78, 5) is 24.8. The van der Waals surface area contributed by atoms with Crippen molar-refractivity contribution in [2.24, 2.45) is 0 Å². The summed E-state index contributed by atoms with van der Waals surface area (Å²) >= 11 is 0. The van der Waals surface area contributed by atoms with Crippen LogP contribution < -0.4 is 5.32 Å². The molecule has 1 aromatic rings. The lowest BCUT2D eigenvalue weighted by molar-refractivity contribution is 0.0511. The second-order valence-electron chi connectivity index (χ2n) is 5.73. The fourth-order valence-electron chi connectivity index (χ4n) is 2.38. The van der Waals surface area contributed by atoms with Crippen LogP contribution in [-0.2, 0) is 4.74 Å². The number of anilines is 1. The topological polar surface area (TPSA) is 70.6 Å². The van der Waals surface area contributed by atoms with Crippen molar-refractivity contribution in [1.82, 2.24) is 19.8 Å². The number of carbonyl (C=O) groups excluding carboxylic acids is 1. The number of rotatable bonds is 7. The minimum Gasteiger partial charge on any atom is -0.376 e. The normalized spacial score (nSPS) is 17.7. The van der Waals surface area contributed by atoms with Gasteiger partial charge in [-0.3, -0.25) is 4.79 Å². The quantitative estimate of drug-likeness (QED) is 0.800. The second-order valence-corrected chi connectivity index (χ2v) is 5.73. The van der Waals surface area contributed by atoms with Crippen molar-refractivity contribution in [2.75, 3.05) is 52.7 Å². The maximum Gasteiger partial charge on any atom is 0.257 e. The highest BCUT2D eigenvalue weighted by Crippen LogP contribution is 2.15. The molecule has 0 spiro atoms. The predicted octanol–water partition coefficient (Wildman–Crippen LogP) is 0.701. The number of nitrogens with zero attached hydrogens (tertiary/aromatic N) is 4. The molecular formula is C15H25N5O2. The minimum absolute atomic E-state index is 0.0417. The first kappa shape index (κ1) is 16.6. The van der Waals surface area contributed by atoms with Crippen molar-refractivity contribution in [1.29, 1.82) is 0 Å². The van der Waals surface area contributed by atoms with E-state index in [1.54, 1.807) is 19.4 Å². The number of aromatic nitrogens is 2. The Labute approximate surface area is 131 Å². The molecule has 7 heteroatoms. The van der Waals surface area contributed by atoms with Crippen LogP contribution in [0.15, 0.2) is 12.4 Å². The van der Waals surface area contributed by atoms with Crippen molar-refractivity contribution < 1.29 is 9.53 Å². The van der Waals surface area contributed by atoms with Crippen LogP contribution in [-0.4, -0.2) is 79.2 Å². The summed E-state index contributed by atoms with van der Waals surface area (Å²) < 4.78 is 5.66. The summed E-state index contributed by atoms with van der Waals surface area (Å²) in [5.74, 6) is 0.468. The largest absolute Gasteiger partial charge is 0.376 e. The fourth-order valence-corrected chi connectivity index (χ4v) is 2.38. The molecule has 2 rings (SSSR count). The number of carbonyl (C=O) groups is 1. The SMILES string of the molecule is CNc1ncc(C(=O)N(CCN(C)C)C[C@@H]2CCCO2)cn1. The molecule has 1 fully saturated rings. The highest BCUT2D eigenvalue weighted by Gasteiger charge is 2.23. The molecule has 1 N–H and O–H groups in total. The van der Waals surface area contributed by atoms with E-state index in [1.165, 1.54) is 0 Å². The van der Waals surface area contributed by atoms with E-state index in [1.807, 2.05) is 19.0 Å². The standard InChI is InChI=1S/C15H25N5O2/c1-16-15-17-9-12(10-18-15)14(21)20(7-6-19(2)3)11-13-5-4-8-22-13/h9-10,13H,4-8,11H2,1-3H3,(H,16,17,18)/t13-/m0/s1. The summed E-state index contributed by atoms with van der Waals surface area (Å²) in [5, 5.41) is 2.85. The number of hydrogen-bond donors (Lipinski definition) is 1. The van der Waals surface area contributed by atoms with Crippen molar-refractivity contribution in [3.05, 3.63) is 18.0 Å². The van der Waals surface area contributed by atoms with E-state index in [0.29, 0.717) is 24.6 Å². The van der Waals surface area contributed by atoms with E-state index < -0.39 is 0 Å². The molecule has 0 unspecified atom stereocenters. The van der Waals surface area contributed by atoms with Crippen molar-refractivity contribution in [3.8, 4) is 0 Å². The second kappa shape index (κ2) is 8.05. The van der Waals surface area contributed by atoms with Gasteiger partial charge in [-0.2, -0.15) is 0 Å². The lowest BCUT2D eigenvalue weighted by atomic mass is 10.2. The molecule has 0 aliphatic carbocycles. The number of amides is 1. The molecule has 1 atom stereocenters. The average molecular weight is 307 g/mol. The Balaban J connectivity index is 2.05. The van der Waals surface area contributed by atoms with E-state index in [-0.39, 0.29) is 12.0 Å². The monoisotopic (exact) mass is 307 g/mol. The van der Waals surface area contributed by atoms with Crippen LogP contribution in [0.2, 0.25) is 0 Å². The molecule has 1 aliphatic heterocycles. The lowest BCUT2D eigenvalue weighted by Crippen LogP contribution is -2.41. The first-order valence-electron chi connectivity index (χ1n) is 7.65. The number of hydrogen-bond acceptors (Lipinski definition) is 6. The smallest absolute Gasteiger partial charge is 0.257 e. The van der Waals surface area contributed by atoms with Crippen LogP contribution in [0.25, 0.3) is 0 Å². The Morgan fingerprint density at radius 3 is 2.64 bits per heavy atom. The van der Waals surface area contributed by atoms with E-state index in [0.717, 1.165) is 26.0 Å². The van der Waals surface area contributed by atoms with Crippen LogP contribution >= 0.6 is 0 Å². The molecule has 0 radical (unpaired) electrons. The van der Waals surface area contributed by atoms with Gasteiger partial charge in [-0.15, -0.1) is 0 Å². The Kier molecular flexibility index (Phi) is 6.09. The molecule has 22 heavy (non-hydrogen) atoms. The van der Waals surface area contributed by atoms with Crippen LogP contribution in [0, 0.1) is 0 Å². The molecule has 1 aromatic heterocycles. The Hall–Kier alpha value is -1.73. The van der Waals surface area contributed by atoms with Crippen LogP contribution in [0.5, 0.6) is 0 Å². The van der Waals surface area contributed by atoms with Crippen molar-refractivity contribution in [2.45, 2.75) is 18.9 Å². The fraction of sp³-hybridized carbons (Fsp3) is 0.667. The van der Waals surface area contributed by atoms with E-state index in [4.69, 9.17) is 4.74 Å². The predicted molar refractivity (Wildman–Crippen MR) is 85.0 cm³/mol. The summed E-state index contributed by atoms with van der Waals surface area (Å²) in [7, 11) is 5.75. The van der Waals surface area contributed by atoms with E-state index in [9.17, 15) is 4.79 Å². The van der Waals surface area contributed by atoms with Gasteiger partial charge in [0.15, 0.2) is 0 Å². The molecule has 122 valence electrons. The minimum atomic E-state index is -0.0417. The molecular weight excluding hydrogens is 282 g/mol. The highest BCUT2D eigenvalue weighted by molar-refractivity contribution is 5.93. The summed E-state index contributed by atoms with van der Waals surface area (Å²) in [5.41, 5.74) is 0.510. The Morgan fingerprint density at radius 2 is 2.09 bits per heavy atom. The van der Waals surface area contributed by atoms with Gasteiger partial charge in [0.25, 0.3) is 5.91 Å². The zero-order valence-corrected chi connectivity index (χ0v) is 13.6. The molecule has 7 nitrogen and oxygen atoms in total. The molecule has 0 aromatic carbocycles. The first-order valence-corrected chi connectivity index (χ1v) is 7.65. The van der Waals surface area contributed by atoms with E-state index >= 15 is 0 Å². The third kappa shape index (κ3) is 4.64. The van der Waals surface area contributed by atoms with Gasteiger partial charge in [0.2, 0.25) is 5.95 Å². The number of ether oxygens (including phenoxy) is 1. The average Bonchev–Trinajstić information content (AvgIpc) is 3.03. The molecule has 1 aliphatic rings. The zero-order valence-electron chi connectivity index (χ0n) is 13.6. The first-order chi connectivity index (χ1) is 10.6. The molecule has 0 saturated carbocycles. The van der Waals surface area contributed by atoms with Gasteiger partial charge in [-0.25, -0.2) is 9.97 Å². The molecule has 1 amide bonds. The molecule has 1 saturated heterocycles. The van der Waals surface area contributed by atoms with Crippen LogP contribution in [0.3, 0.4) is 0 Å². The van der Waals surface area contributed by atoms with Gasteiger partial charge in [0.1, 0.15) is 0 Å².